The number of esters is 1. The van der Waals surface area contributed by atoms with E-state index in [1.807, 2.05) is 0 Å². The number of benzene rings is 1. The third-order valence-corrected chi connectivity index (χ3v) is 2.34. The summed E-state index contributed by atoms with van der Waals surface area (Å²) in [6, 6.07) is 1.67. The zero-order valence-corrected chi connectivity index (χ0v) is 9.17. The van der Waals surface area contributed by atoms with Crippen LogP contribution in [0.1, 0.15) is 5.56 Å². The van der Waals surface area contributed by atoms with Gasteiger partial charge in [-0.2, -0.15) is 0 Å². The minimum absolute atomic E-state index is 0.00269. The molecule has 0 aliphatic heterocycles. The van der Waals surface area contributed by atoms with Gasteiger partial charge in [-0.05, 0) is 24.1 Å². The molecule has 1 aromatic carbocycles. The quantitative estimate of drug-likeness (QED) is 0.646. The summed E-state index contributed by atoms with van der Waals surface area (Å²) < 4.78 is 43.0. The van der Waals surface area contributed by atoms with Crippen molar-refractivity contribution >= 4 is 5.97 Å². The second-order valence-electron chi connectivity index (χ2n) is 3.53. The molecule has 1 rings (SSSR count). The van der Waals surface area contributed by atoms with Gasteiger partial charge in [0, 0.05) is 6.54 Å². The van der Waals surface area contributed by atoms with Gasteiger partial charge in [-0.3, -0.25) is 4.79 Å². The van der Waals surface area contributed by atoms with E-state index in [0.29, 0.717) is 0 Å². The predicted octanol–water partition coefficient (Wildman–Crippen LogP) is 1.39. The summed E-state index contributed by atoms with van der Waals surface area (Å²) >= 11 is 0. The number of carbonyl (C=O) groups is 1. The molecule has 3 nitrogen and oxygen atoms in total. The third kappa shape index (κ3) is 3.20. The van der Waals surface area contributed by atoms with Crippen molar-refractivity contribution in [3.63, 3.8) is 0 Å². The Morgan fingerprint density at radius 3 is 2.29 bits per heavy atom. The Labute approximate surface area is 96.4 Å². The van der Waals surface area contributed by atoms with Crippen molar-refractivity contribution in [3.05, 3.63) is 35.1 Å². The molecule has 94 valence electrons. The summed E-state index contributed by atoms with van der Waals surface area (Å²) in [5.74, 6) is -5.39. The molecule has 0 aromatic heterocycles. The van der Waals surface area contributed by atoms with Crippen molar-refractivity contribution in [1.29, 1.82) is 0 Å². The summed E-state index contributed by atoms with van der Waals surface area (Å²) in [5.41, 5.74) is 5.50. The Balaban J connectivity index is 2.91. The molecule has 0 amide bonds. The molecule has 0 aliphatic carbocycles. The van der Waals surface area contributed by atoms with Gasteiger partial charge in [-0.15, -0.1) is 0 Å². The van der Waals surface area contributed by atoms with Crippen LogP contribution in [-0.2, 0) is 16.0 Å². The van der Waals surface area contributed by atoms with Gasteiger partial charge in [0.15, 0.2) is 17.5 Å². The maximum absolute atomic E-state index is 12.9. The average molecular weight is 247 g/mol. The summed E-state index contributed by atoms with van der Waals surface area (Å²) in [7, 11) is 1.19. The van der Waals surface area contributed by atoms with E-state index in [4.69, 9.17) is 5.73 Å². The standard InChI is InChI=1S/C11H12F3NO2/c1-17-11(16)7(5-15)2-6-3-8(12)10(14)9(13)4-6/h3-4,7H,2,5,15H2,1H3/t7-/m0/s1. The maximum atomic E-state index is 12.9. The highest BCUT2D eigenvalue weighted by Crippen LogP contribution is 2.16. The van der Waals surface area contributed by atoms with E-state index in [0.717, 1.165) is 12.1 Å². The molecule has 0 unspecified atom stereocenters. The lowest BCUT2D eigenvalue weighted by atomic mass is 9.99. The number of ether oxygens (including phenoxy) is 1. The van der Waals surface area contributed by atoms with Crippen LogP contribution in [0.25, 0.3) is 0 Å². The summed E-state index contributed by atoms with van der Waals surface area (Å²) in [6.45, 7) is -0.0205. The van der Waals surface area contributed by atoms with Crippen LogP contribution in [0.15, 0.2) is 12.1 Å². The van der Waals surface area contributed by atoms with Crippen LogP contribution in [0.2, 0.25) is 0 Å². The number of rotatable bonds is 4. The molecule has 1 atom stereocenters. The Morgan fingerprint density at radius 1 is 1.35 bits per heavy atom. The second-order valence-corrected chi connectivity index (χ2v) is 3.53. The topological polar surface area (TPSA) is 52.3 Å². The van der Waals surface area contributed by atoms with Crippen molar-refractivity contribution in [2.24, 2.45) is 11.7 Å². The van der Waals surface area contributed by atoms with E-state index >= 15 is 0 Å². The third-order valence-electron chi connectivity index (χ3n) is 2.34. The molecule has 0 fully saturated rings. The van der Waals surface area contributed by atoms with Gasteiger partial charge in [0.25, 0.3) is 0 Å². The molecule has 0 saturated heterocycles. The minimum atomic E-state index is -1.53. The highest BCUT2D eigenvalue weighted by molar-refractivity contribution is 5.72. The maximum Gasteiger partial charge on any atom is 0.310 e. The number of hydrogen-bond acceptors (Lipinski definition) is 3. The van der Waals surface area contributed by atoms with Crippen LogP contribution in [-0.4, -0.2) is 19.6 Å². The molecule has 0 saturated carbocycles. The number of hydrogen-bond donors (Lipinski definition) is 1. The Hall–Kier alpha value is -1.56. The fraction of sp³-hybridized carbons (Fsp3) is 0.364. The Morgan fingerprint density at radius 2 is 1.88 bits per heavy atom. The first kappa shape index (κ1) is 13.5. The van der Waals surface area contributed by atoms with Crippen molar-refractivity contribution < 1.29 is 22.7 Å². The van der Waals surface area contributed by atoms with Gasteiger partial charge >= 0.3 is 5.97 Å². The van der Waals surface area contributed by atoms with Crippen molar-refractivity contribution in [3.8, 4) is 0 Å². The minimum Gasteiger partial charge on any atom is -0.469 e. The molecule has 0 heterocycles. The summed E-state index contributed by atoms with van der Waals surface area (Å²) in [5, 5.41) is 0. The van der Waals surface area contributed by atoms with Crippen LogP contribution >= 0.6 is 0 Å². The lowest BCUT2D eigenvalue weighted by Gasteiger charge is -2.12. The molecule has 6 heteroatoms. The monoisotopic (exact) mass is 247 g/mol. The molecule has 1 aromatic rings. The van der Waals surface area contributed by atoms with Gasteiger partial charge in [0.05, 0.1) is 13.0 Å². The number of halogens is 3. The normalized spacial score (nSPS) is 12.3. The van der Waals surface area contributed by atoms with Crippen LogP contribution in [0, 0.1) is 23.4 Å². The number of methoxy groups -OCH3 is 1. The number of nitrogens with two attached hydrogens (primary N) is 1. The lowest BCUT2D eigenvalue weighted by Crippen LogP contribution is -2.27. The molecule has 0 aliphatic rings. The van der Waals surface area contributed by atoms with Gasteiger partial charge in [0.1, 0.15) is 0 Å². The van der Waals surface area contributed by atoms with E-state index in [9.17, 15) is 18.0 Å². The van der Waals surface area contributed by atoms with Gasteiger partial charge in [-0.25, -0.2) is 13.2 Å². The largest absolute Gasteiger partial charge is 0.469 e. The Kier molecular flexibility index (Phi) is 4.51. The second kappa shape index (κ2) is 5.67. The molecule has 0 spiro atoms. The van der Waals surface area contributed by atoms with Gasteiger partial charge in [-0.1, -0.05) is 0 Å². The van der Waals surface area contributed by atoms with Crippen molar-refractivity contribution in [1.82, 2.24) is 0 Å². The van der Waals surface area contributed by atoms with E-state index in [1.54, 1.807) is 0 Å². The van der Waals surface area contributed by atoms with E-state index < -0.39 is 29.3 Å². The Bertz CT molecular complexity index is 400. The molecule has 17 heavy (non-hydrogen) atoms. The van der Waals surface area contributed by atoms with Crippen LogP contribution in [0.5, 0.6) is 0 Å². The SMILES string of the molecule is COC(=O)[C@H](CN)Cc1cc(F)c(F)c(F)c1. The highest BCUT2D eigenvalue weighted by atomic mass is 19.2. The van der Waals surface area contributed by atoms with E-state index in [1.165, 1.54) is 7.11 Å². The summed E-state index contributed by atoms with van der Waals surface area (Å²) in [4.78, 5) is 11.2. The zero-order chi connectivity index (χ0) is 13.0. The van der Waals surface area contributed by atoms with Gasteiger partial charge in [0.2, 0.25) is 0 Å². The first-order chi connectivity index (χ1) is 7.99. The van der Waals surface area contributed by atoms with Crippen LogP contribution in [0.4, 0.5) is 13.2 Å². The molecule has 0 radical (unpaired) electrons. The van der Waals surface area contributed by atoms with Crippen molar-refractivity contribution in [2.75, 3.05) is 13.7 Å². The molecule has 0 bridgehead atoms. The van der Waals surface area contributed by atoms with Crippen LogP contribution in [0.3, 0.4) is 0 Å². The molecule has 2 N–H and O–H groups in total. The smallest absolute Gasteiger partial charge is 0.310 e. The first-order valence-corrected chi connectivity index (χ1v) is 4.91. The zero-order valence-electron chi connectivity index (χ0n) is 9.17. The van der Waals surface area contributed by atoms with E-state index in [-0.39, 0.29) is 18.5 Å². The predicted molar refractivity (Wildman–Crippen MR) is 54.6 cm³/mol. The average Bonchev–Trinajstić information content (AvgIpc) is 2.31. The van der Waals surface area contributed by atoms with Crippen molar-refractivity contribution in [2.45, 2.75) is 6.42 Å². The summed E-state index contributed by atoms with van der Waals surface area (Å²) in [6.07, 6.45) is -0.00269. The fourth-order valence-electron chi connectivity index (χ4n) is 1.44. The van der Waals surface area contributed by atoms with Crippen LogP contribution < -0.4 is 5.73 Å². The molecular weight excluding hydrogens is 235 g/mol. The van der Waals surface area contributed by atoms with E-state index in [2.05, 4.69) is 4.74 Å². The first-order valence-electron chi connectivity index (χ1n) is 4.91. The van der Waals surface area contributed by atoms with Gasteiger partial charge < -0.3 is 10.5 Å². The number of carbonyl (C=O) groups excluding carboxylic acids is 1. The highest BCUT2D eigenvalue weighted by Gasteiger charge is 2.19. The fourth-order valence-corrected chi connectivity index (χ4v) is 1.44. The lowest BCUT2D eigenvalue weighted by molar-refractivity contribution is -0.145. The molecular formula is C11H12F3NO2.